The lowest BCUT2D eigenvalue weighted by atomic mass is 9.97. The molecule has 1 heterocycles. The van der Waals surface area contributed by atoms with Crippen molar-refractivity contribution >= 4 is 23.2 Å². The third kappa shape index (κ3) is 4.16. The molecule has 1 fully saturated rings. The van der Waals surface area contributed by atoms with E-state index in [0.717, 1.165) is 25.9 Å². The molecule has 4 nitrogen and oxygen atoms in total. The summed E-state index contributed by atoms with van der Waals surface area (Å²) in [7, 11) is 0. The van der Waals surface area contributed by atoms with Crippen molar-refractivity contribution in [2.24, 2.45) is 11.7 Å². The van der Waals surface area contributed by atoms with E-state index in [9.17, 15) is 9.18 Å². The van der Waals surface area contributed by atoms with Gasteiger partial charge < -0.3 is 11.1 Å². The summed E-state index contributed by atoms with van der Waals surface area (Å²) >= 11 is 5.67. The monoisotopic (exact) mass is 299 g/mol. The number of hydrogen-bond acceptors (Lipinski definition) is 3. The summed E-state index contributed by atoms with van der Waals surface area (Å²) in [6.45, 7) is 2.83. The number of carbonyl (C=O) groups excluding carboxylic acids is 1. The fourth-order valence-corrected chi connectivity index (χ4v) is 2.54. The Kier molecular flexibility index (Phi) is 5.34. The molecule has 1 amide bonds. The number of nitrogens with two attached hydrogens (primary N) is 1. The number of anilines is 1. The summed E-state index contributed by atoms with van der Waals surface area (Å²) in [5.74, 6) is -0.0300. The van der Waals surface area contributed by atoms with Crippen molar-refractivity contribution < 1.29 is 9.18 Å². The number of halogens is 2. The van der Waals surface area contributed by atoms with E-state index < -0.39 is 5.82 Å². The highest BCUT2D eigenvalue weighted by molar-refractivity contribution is 6.31. The first kappa shape index (κ1) is 15.2. The van der Waals surface area contributed by atoms with E-state index in [0.29, 0.717) is 24.7 Å². The topological polar surface area (TPSA) is 58.4 Å². The van der Waals surface area contributed by atoms with Crippen molar-refractivity contribution in [2.75, 3.05) is 31.5 Å². The molecule has 0 radical (unpaired) electrons. The zero-order valence-corrected chi connectivity index (χ0v) is 12.0. The average Bonchev–Trinajstić information content (AvgIpc) is 2.44. The van der Waals surface area contributed by atoms with E-state index >= 15 is 0 Å². The molecule has 20 heavy (non-hydrogen) atoms. The molecule has 3 N–H and O–H groups in total. The van der Waals surface area contributed by atoms with Crippen LogP contribution >= 0.6 is 11.6 Å². The molecule has 0 aliphatic carbocycles. The smallest absolute Gasteiger partial charge is 0.238 e. The van der Waals surface area contributed by atoms with Gasteiger partial charge in [-0.2, -0.15) is 0 Å². The summed E-state index contributed by atoms with van der Waals surface area (Å²) in [6.07, 6.45) is 2.07. The molecule has 0 atom stereocenters. The maximum Gasteiger partial charge on any atom is 0.238 e. The predicted molar refractivity (Wildman–Crippen MR) is 78.3 cm³/mol. The van der Waals surface area contributed by atoms with Crippen LogP contribution in [0.3, 0.4) is 0 Å². The molecule has 0 aromatic heterocycles. The van der Waals surface area contributed by atoms with Crippen molar-refractivity contribution in [1.29, 1.82) is 0 Å². The van der Waals surface area contributed by atoms with Crippen LogP contribution in [-0.4, -0.2) is 37.0 Å². The number of hydrogen-bond donors (Lipinski definition) is 2. The zero-order valence-electron chi connectivity index (χ0n) is 11.2. The van der Waals surface area contributed by atoms with Gasteiger partial charge in [0.15, 0.2) is 0 Å². The fraction of sp³-hybridized carbons (Fsp3) is 0.500. The third-order valence-electron chi connectivity index (χ3n) is 3.61. The van der Waals surface area contributed by atoms with Gasteiger partial charge in [0.25, 0.3) is 0 Å². The minimum absolute atomic E-state index is 0.00607. The van der Waals surface area contributed by atoms with E-state index in [2.05, 4.69) is 10.2 Å². The Morgan fingerprint density at radius 3 is 2.75 bits per heavy atom. The van der Waals surface area contributed by atoms with E-state index in [4.69, 9.17) is 17.3 Å². The molecule has 1 aromatic carbocycles. The van der Waals surface area contributed by atoms with Crippen molar-refractivity contribution in [1.82, 2.24) is 4.90 Å². The van der Waals surface area contributed by atoms with Crippen molar-refractivity contribution in [3.63, 3.8) is 0 Å². The second-order valence-corrected chi connectivity index (χ2v) is 5.54. The van der Waals surface area contributed by atoms with Crippen LogP contribution in [0.5, 0.6) is 0 Å². The van der Waals surface area contributed by atoms with Gasteiger partial charge in [0.2, 0.25) is 5.91 Å². The maximum absolute atomic E-state index is 13.0. The largest absolute Gasteiger partial charge is 0.330 e. The summed E-state index contributed by atoms with van der Waals surface area (Å²) in [6, 6.07) is 4.15. The lowest BCUT2D eigenvalue weighted by Gasteiger charge is -2.30. The number of carbonyl (C=O) groups is 1. The molecule has 1 aliphatic rings. The lowest BCUT2D eigenvalue weighted by molar-refractivity contribution is -0.117. The van der Waals surface area contributed by atoms with Crippen LogP contribution in [0.4, 0.5) is 10.1 Å². The van der Waals surface area contributed by atoms with E-state index in [-0.39, 0.29) is 10.9 Å². The van der Waals surface area contributed by atoms with Crippen LogP contribution in [0.2, 0.25) is 5.02 Å². The van der Waals surface area contributed by atoms with Crippen molar-refractivity contribution in [3.05, 3.63) is 29.0 Å². The molecule has 0 unspecified atom stereocenters. The Morgan fingerprint density at radius 1 is 1.45 bits per heavy atom. The van der Waals surface area contributed by atoms with Gasteiger partial charge in [0.05, 0.1) is 11.6 Å². The summed E-state index contributed by atoms with van der Waals surface area (Å²) < 4.78 is 13.0. The number of amides is 1. The van der Waals surface area contributed by atoms with E-state index in [1.165, 1.54) is 18.2 Å². The highest BCUT2D eigenvalue weighted by Crippen LogP contribution is 2.20. The normalized spacial score (nSPS) is 17.1. The van der Waals surface area contributed by atoms with Gasteiger partial charge >= 0.3 is 0 Å². The summed E-state index contributed by atoms with van der Waals surface area (Å²) in [4.78, 5) is 14.0. The molecule has 1 saturated heterocycles. The molecular formula is C14H19ClFN3O. The standard InChI is InChI=1S/C14H19ClFN3O/c15-12-7-11(1-2-13(12)16)18-14(20)9-19-5-3-10(8-17)4-6-19/h1-2,7,10H,3-6,8-9,17H2,(H,18,20). The first-order chi connectivity index (χ1) is 9.58. The first-order valence-corrected chi connectivity index (χ1v) is 7.13. The number of nitrogens with one attached hydrogen (secondary N) is 1. The predicted octanol–water partition coefficient (Wildman–Crippen LogP) is 2.09. The Morgan fingerprint density at radius 2 is 2.15 bits per heavy atom. The number of likely N-dealkylation sites (tertiary alicyclic amines) is 1. The average molecular weight is 300 g/mol. The molecule has 1 aliphatic heterocycles. The summed E-state index contributed by atoms with van der Waals surface area (Å²) in [5, 5.41) is 2.73. The molecule has 110 valence electrons. The second-order valence-electron chi connectivity index (χ2n) is 5.13. The van der Waals surface area contributed by atoms with Crippen LogP contribution < -0.4 is 11.1 Å². The van der Waals surface area contributed by atoms with Gasteiger partial charge in [-0.1, -0.05) is 11.6 Å². The first-order valence-electron chi connectivity index (χ1n) is 6.76. The Hall–Kier alpha value is -1.17. The van der Waals surface area contributed by atoms with Crippen LogP contribution in [-0.2, 0) is 4.79 Å². The van der Waals surface area contributed by atoms with Crippen LogP contribution in [0.1, 0.15) is 12.8 Å². The fourth-order valence-electron chi connectivity index (χ4n) is 2.36. The van der Waals surface area contributed by atoms with Crippen LogP contribution in [0.25, 0.3) is 0 Å². The summed E-state index contributed by atoms with van der Waals surface area (Å²) in [5.41, 5.74) is 6.15. The van der Waals surface area contributed by atoms with E-state index in [1.807, 2.05) is 0 Å². The molecule has 2 rings (SSSR count). The highest BCUT2D eigenvalue weighted by atomic mass is 35.5. The Balaban J connectivity index is 1.82. The zero-order chi connectivity index (χ0) is 14.5. The van der Waals surface area contributed by atoms with Gasteiger partial charge in [-0.05, 0) is 56.6 Å². The van der Waals surface area contributed by atoms with Gasteiger partial charge in [0.1, 0.15) is 5.82 Å². The SMILES string of the molecule is NCC1CCN(CC(=O)Nc2ccc(F)c(Cl)c2)CC1. The molecule has 0 bridgehead atoms. The third-order valence-corrected chi connectivity index (χ3v) is 3.90. The van der Waals surface area contributed by atoms with Crippen molar-refractivity contribution in [3.8, 4) is 0 Å². The maximum atomic E-state index is 13.0. The Labute approximate surface area is 123 Å². The quantitative estimate of drug-likeness (QED) is 0.895. The molecule has 1 aromatic rings. The molecular weight excluding hydrogens is 281 g/mol. The second kappa shape index (κ2) is 7.02. The van der Waals surface area contributed by atoms with Crippen molar-refractivity contribution in [2.45, 2.75) is 12.8 Å². The van der Waals surface area contributed by atoms with Crippen LogP contribution in [0.15, 0.2) is 18.2 Å². The van der Waals surface area contributed by atoms with Gasteiger partial charge in [-0.15, -0.1) is 0 Å². The number of piperidine rings is 1. The molecule has 0 spiro atoms. The van der Waals surface area contributed by atoms with Gasteiger partial charge in [0, 0.05) is 5.69 Å². The lowest BCUT2D eigenvalue weighted by Crippen LogP contribution is -2.40. The minimum Gasteiger partial charge on any atom is -0.330 e. The number of nitrogens with zero attached hydrogens (tertiary/aromatic N) is 1. The molecule has 0 saturated carbocycles. The Bertz CT molecular complexity index is 475. The van der Waals surface area contributed by atoms with Gasteiger partial charge in [-0.3, -0.25) is 9.69 Å². The van der Waals surface area contributed by atoms with Crippen LogP contribution in [0, 0.1) is 11.7 Å². The number of rotatable bonds is 4. The molecule has 6 heteroatoms. The van der Waals surface area contributed by atoms with Gasteiger partial charge in [-0.25, -0.2) is 4.39 Å². The number of benzene rings is 1. The van der Waals surface area contributed by atoms with E-state index in [1.54, 1.807) is 0 Å². The minimum atomic E-state index is -0.492. The highest BCUT2D eigenvalue weighted by Gasteiger charge is 2.19.